The van der Waals surface area contributed by atoms with Crippen molar-refractivity contribution >= 4 is 23.1 Å². The Morgan fingerprint density at radius 3 is 2.57 bits per heavy atom. The molecule has 0 aliphatic carbocycles. The highest BCUT2D eigenvalue weighted by Crippen LogP contribution is 2.22. The van der Waals surface area contributed by atoms with Crippen LogP contribution in [0.4, 0.5) is 5.69 Å². The van der Waals surface area contributed by atoms with Gasteiger partial charge in [0.1, 0.15) is 18.1 Å². The fraction of sp³-hybridized carbons (Fsp3) is 0.208. The molecule has 0 saturated heterocycles. The summed E-state index contributed by atoms with van der Waals surface area (Å²) in [5.74, 6) is 1.66. The number of carbonyl (C=O) groups is 2. The van der Waals surface area contributed by atoms with E-state index in [4.69, 9.17) is 14.2 Å². The molecule has 0 spiro atoms. The molecule has 0 saturated carbocycles. The Balaban J connectivity index is 1.27. The molecule has 2 aromatic carbocycles. The zero-order valence-corrected chi connectivity index (χ0v) is 19.2. The lowest BCUT2D eigenvalue weighted by Gasteiger charge is -2.10. The number of fused-ring (bicyclic) bond motifs is 1. The van der Waals surface area contributed by atoms with Gasteiger partial charge >= 0.3 is 0 Å². The molecule has 2 heterocycles. The third-order valence-corrected chi connectivity index (χ3v) is 4.79. The molecule has 4 aromatic rings. The van der Waals surface area contributed by atoms with Gasteiger partial charge in [-0.15, -0.1) is 15.3 Å². The maximum atomic E-state index is 12.1. The number of aromatic nitrogens is 4. The highest BCUT2D eigenvalue weighted by molar-refractivity contribution is 5.88. The lowest BCUT2D eigenvalue weighted by Crippen LogP contribution is -2.32. The van der Waals surface area contributed by atoms with E-state index >= 15 is 0 Å². The highest BCUT2D eigenvalue weighted by Gasteiger charge is 2.11. The van der Waals surface area contributed by atoms with Crippen molar-refractivity contribution in [2.75, 3.05) is 32.2 Å². The molecule has 2 aromatic heterocycles. The van der Waals surface area contributed by atoms with Crippen LogP contribution in [-0.2, 0) is 9.59 Å². The number of ether oxygens (including phenoxy) is 3. The first-order valence-corrected chi connectivity index (χ1v) is 10.8. The number of carbonyl (C=O) groups excluding carboxylic acids is 2. The van der Waals surface area contributed by atoms with E-state index in [1.54, 1.807) is 48.0 Å². The molecule has 0 atom stereocenters. The van der Waals surface area contributed by atoms with Gasteiger partial charge in [0.05, 0.1) is 13.7 Å². The summed E-state index contributed by atoms with van der Waals surface area (Å²) >= 11 is 0. The Labute approximate surface area is 201 Å². The average molecular weight is 476 g/mol. The van der Waals surface area contributed by atoms with E-state index in [2.05, 4.69) is 25.9 Å². The van der Waals surface area contributed by atoms with E-state index in [0.717, 1.165) is 11.3 Å². The fourth-order valence-electron chi connectivity index (χ4n) is 3.18. The first-order valence-electron chi connectivity index (χ1n) is 10.8. The number of methoxy groups -OCH3 is 1. The molecule has 2 amide bonds. The number of nitrogens with one attached hydrogen (secondary N) is 2. The zero-order chi connectivity index (χ0) is 24.6. The van der Waals surface area contributed by atoms with Crippen molar-refractivity contribution in [3.05, 3.63) is 60.7 Å². The first-order chi connectivity index (χ1) is 17.0. The van der Waals surface area contributed by atoms with Crippen LogP contribution in [0.2, 0.25) is 0 Å². The standard InChI is InChI=1S/C24H24N6O5/c1-16(31)26-18-4-3-5-20(14-18)35-15-22(32)25-12-13-34-23-11-10-21-27-28-24(30(21)29-23)17-6-8-19(33-2)9-7-17/h3-11,14H,12-13,15H2,1-2H3,(H,25,32)(H,26,31). The van der Waals surface area contributed by atoms with E-state index in [0.29, 0.717) is 28.8 Å². The van der Waals surface area contributed by atoms with Crippen molar-refractivity contribution < 1.29 is 23.8 Å². The van der Waals surface area contributed by atoms with Gasteiger partial charge in [-0.3, -0.25) is 9.59 Å². The molecule has 0 aliphatic heterocycles. The smallest absolute Gasteiger partial charge is 0.258 e. The van der Waals surface area contributed by atoms with Crippen LogP contribution in [0.3, 0.4) is 0 Å². The predicted molar refractivity (Wildman–Crippen MR) is 128 cm³/mol. The number of benzene rings is 2. The van der Waals surface area contributed by atoms with Crippen LogP contribution < -0.4 is 24.8 Å². The topological polar surface area (TPSA) is 129 Å². The SMILES string of the molecule is COc1ccc(-c2nnc3ccc(OCCNC(=O)COc4cccc(NC(C)=O)c4)nn23)cc1. The van der Waals surface area contributed by atoms with Gasteiger partial charge in [0.2, 0.25) is 11.8 Å². The summed E-state index contributed by atoms with van der Waals surface area (Å²) in [5, 5.41) is 18.2. The highest BCUT2D eigenvalue weighted by atomic mass is 16.5. The number of hydrogen-bond acceptors (Lipinski definition) is 8. The minimum Gasteiger partial charge on any atom is -0.497 e. The molecular weight excluding hydrogens is 452 g/mol. The van der Waals surface area contributed by atoms with Crippen LogP contribution in [0.25, 0.3) is 17.0 Å². The molecule has 0 fully saturated rings. The van der Waals surface area contributed by atoms with Gasteiger partial charge in [-0.1, -0.05) is 6.07 Å². The van der Waals surface area contributed by atoms with E-state index in [1.807, 2.05) is 24.3 Å². The largest absolute Gasteiger partial charge is 0.497 e. The average Bonchev–Trinajstić information content (AvgIpc) is 3.28. The Kier molecular flexibility index (Phi) is 7.36. The summed E-state index contributed by atoms with van der Waals surface area (Å²) in [5.41, 5.74) is 2.01. The molecule has 0 bridgehead atoms. The van der Waals surface area contributed by atoms with Gasteiger partial charge < -0.3 is 24.8 Å². The normalized spacial score (nSPS) is 10.6. The lowest BCUT2D eigenvalue weighted by molar-refractivity contribution is -0.123. The van der Waals surface area contributed by atoms with E-state index in [9.17, 15) is 9.59 Å². The summed E-state index contributed by atoms with van der Waals surface area (Å²) in [7, 11) is 1.61. The number of hydrogen-bond donors (Lipinski definition) is 2. The first kappa shape index (κ1) is 23.5. The second kappa shape index (κ2) is 11.0. The van der Waals surface area contributed by atoms with Gasteiger partial charge in [-0.05, 0) is 42.5 Å². The Bertz CT molecular complexity index is 1320. The summed E-state index contributed by atoms with van der Waals surface area (Å²) in [6.07, 6.45) is 0. The van der Waals surface area contributed by atoms with Crippen LogP contribution >= 0.6 is 0 Å². The van der Waals surface area contributed by atoms with Gasteiger partial charge in [-0.2, -0.15) is 4.52 Å². The van der Waals surface area contributed by atoms with Crippen molar-refractivity contribution in [3.8, 4) is 28.8 Å². The monoisotopic (exact) mass is 476 g/mol. The van der Waals surface area contributed by atoms with Crippen molar-refractivity contribution in [1.82, 2.24) is 25.1 Å². The number of rotatable bonds is 10. The lowest BCUT2D eigenvalue weighted by atomic mass is 10.2. The van der Waals surface area contributed by atoms with Crippen molar-refractivity contribution in [2.24, 2.45) is 0 Å². The summed E-state index contributed by atoms with van der Waals surface area (Å²) in [4.78, 5) is 23.2. The molecule has 0 radical (unpaired) electrons. The molecule has 0 aliphatic rings. The van der Waals surface area contributed by atoms with Gasteiger partial charge in [-0.25, -0.2) is 0 Å². The Hall–Kier alpha value is -4.67. The molecular formula is C24H24N6O5. The van der Waals surface area contributed by atoms with Crippen molar-refractivity contribution in [2.45, 2.75) is 6.92 Å². The predicted octanol–water partition coefficient (Wildman–Crippen LogP) is 2.33. The maximum absolute atomic E-state index is 12.1. The Morgan fingerprint density at radius 2 is 1.80 bits per heavy atom. The van der Waals surface area contributed by atoms with Crippen LogP contribution in [0, 0.1) is 0 Å². The second-order valence-corrected chi connectivity index (χ2v) is 7.39. The van der Waals surface area contributed by atoms with Crippen LogP contribution in [0.15, 0.2) is 60.7 Å². The van der Waals surface area contributed by atoms with Gasteiger partial charge in [0.25, 0.3) is 5.91 Å². The van der Waals surface area contributed by atoms with Crippen molar-refractivity contribution in [1.29, 1.82) is 0 Å². The minimum atomic E-state index is -0.303. The summed E-state index contributed by atoms with van der Waals surface area (Å²) in [6.45, 7) is 1.73. The molecule has 0 unspecified atom stereocenters. The third-order valence-electron chi connectivity index (χ3n) is 4.79. The fourth-order valence-corrected chi connectivity index (χ4v) is 3.18. The molecule has 4 rings (SSSR count). The Morgan fingerprint density at radius 1 is 0.971 bits per heavy atom. The zero-order valence-electron chi connectivity index (χ0n) is 19.2. The molecule has 11 nitrogen and oxygen atoms in total. The number of anilines is 1. The van der Waals surface area contributed by atoms with E-state index < -0.39 is 0 Å². The second-order valence-electron chi connectivity index (χ2n) is 7.39. The van der Waals surface area contributed by atoms with Gasteiger partial charge in [0.15, 0.2) is 18.1 Å². The minimum absolute atomic E-state index is 0.167. The van der Waals surface area contributed by atoms with Crippen molar-refractivity contribution in [3.63, 3.8) is 0 Å². The van der Waals surface area contributed by atoms with E-state index in [1.165, 1.54) is 6.92 Å². The maximum Gasteiger partial charge on any atom is 0.258 e. The molecule has 11 heteroatoms. The summed E-state index contributed by atoms with van der Waals surface area (Å²) < 4.78 is 17.9. The van der Waals surface area contributed by atoms with Crippen LogP contribution in [-0.4, -0.2) is 58.5 Å². The molecule has 180 valence electrons. The van der Waals surface area contributed by atoms with Crippen LogP contribution in [0.5, 0.6) is 17.4 Å². The quantitative estimate of drug-likeness (QED) is 0.334. The van der Waals surface area contributed by atoms with E-state index in [-0.39, 0.29) is 31.6 Å². The molecule has 2 N–H and O–H groups in total. The molecule has 35 heavy (non-hydrogen) atoms. The van der Waals surface area contributed by atoms with Gasteiger partial charge in [0, 0.05) is 30.3 Å². The third kappa shape index (κ3) is 6.22. The van der Waals surface area contributed by atoms with Crippen LogP contribution in [0.1, 0.15) is 6.92 Å². The number of nitrogens with zero attached hydrogens (tertiary/aromatic N) is 4. The summed E-state index contributed by atoms with van der Waals surface area (Å²) in [6, 6.07) is 17.7. The number of amides is 2.